The standard InChI is InChI=1S/C15H17NO2/c17-13-5-1-10(2-6-13)11-3-7-14-12(9-11)4-8-15(18)16-14/h3,7,9-10H,1-2,4-6,8H2,(H,16,18). The molecule has 0 spiro atoms. The zero-order valence-corrected chi connectivity index (χ0v) is 10.4. The second kappa shape index (κ2) is 4.56. The van der Waals surface area contributed by atoms with E-state index in [1.165, 1.54) is 11.1 Å². The number of ketones is 1. The Balaban J connectivity index is 1.82. The molecule has 2 aliphatic rings. The summed E-state index contributed by atoms with van der Waals surface area (Å²) >= 11 is 0. The van der Waals surface area contributed by atoms with Gasteiger partial charge in [-0.25, -0.2) is 0 Å². The second-order valence-corrected chi connectivity index (χ2v) is 5.28. The van der Waals surface area contributed by atoms with Crippen LogP contribution in [0.15, 0.2) is 18.2 Å². The van der Waals surface area contributed by atoms with Gasteiger partial charge in [0.1, 0.15) is 5.78 Å². The predicted molar refractivity (Wildman–Crippen MR) is 69.6 cm³/mol. The fourth-order valence-electron chi connectivity index (χ4n) is 2.93. The summed E-state index contributed by atoms with van der Waals surface area (Å²) in [6, 6.07) is 6.33. The van der Waals surface area contributed by atoms with Crippen molar-refractivity contribution in [2.45, 2.75) is 44.4 Å². The van der Waals surface area contributed by atoms with Crippen LogP contribution in [-0.4, -0.2) is 11.7 Å². The Morgan fingerprint density at radius 1 is 1.00 bits per heavy atom. The number of anilines is 1. The van der Waals surface area contributed by atoms with E-state index in [4.69, 9.17) is 0 Å². The van der Waals surface area contributed by atoms with Gasteiger partial charge in [-0.1, -0.05) is 12.1 Å². The minimum atomic E-state index is 0.110. The van der Waals surface area contributed by atoms with Crippen LogP contribution in [0.1, 0.15) is 49.1 Å². The molecule has 3 nitrogen and oxygen atoms in total. The lowest BCUT2D eigenvalue weighted by Gasteiger charge is -2.24. The molecule has 18 heavy (non-hydrogen) atoms. The molecule has 0 atom stereocenters. The number of Topliss-reactive ketones (excluding diaryl/α,β-unsaturated/α-hetero) is 1. The van der Waals surface area contributed by atoms with Crippen LogP contribution in [0.25, 0.3) is 0 Å². The molecule has 0 saturated heterocycles. The molecule has 1 N–H and O–H groups in total. The maximum absolute atomic E-state index is 11.3. The highest BCUT2D eigenvalue weighted by molar-refractivity contribution is 5.93. The largest absolute Gasteiger partial charge is 0.326 e. The summed E-state index contributed by atoms with van der Waals surface area (Å²) in [7, 11) is 0. The number of fused-ring (bicyclic) bond motifs is 1. The molecule has 1 aliphatic heterocycles. The Bertz CT molecular complexity index is 497. The summed E-state index contributed by atoms with van der Waals surface area (Å²) in [4.78, 5) is 22.6. The summed E-state index contributed by atoms with van der Waals surface area (Å²) < 4.78 is 0. The van der Waals surface area contributed by atoms with E-state index in [0.717, 1.165) is 37.8 Å². The molecule has 0 aromatic heterocycles. The molecule has 1 aromatic rings. The number of carbonyl (C=O) groups excluding carboxylic acids is 2. The van der Waals surface area contributed by atoms with Gasteiger partial charge in [0.25, 0.3) is 0 Å². The first-order valence-electron chi connectivity index (χ1n) is 6.67. The minimum Gasteiger partial charge on any atom is -0.326 e. The van der Waals surface area contributed by atoms with Crippen molar-refractivity contribution in [3.8, 4) is 0 Å². The van der Waals surface area contributed by atoms with Gasteiger partial charge < -0.3 is 5.32 Å². The van der Waals surface area contributed by atoms with Crippen LogP contribution in [0, 0.1) is 0 Å². The number of carbonyl (C=O) groups is 2. The Labute approximate surface area is 107 Å². The predicted octanol–water partition coefficient (Wildman–Crippen LogP) is 2.80. The topological polar surface area (TPSA) is 46.2 Å². The Hall–Kier alpha value is -1.64. The highest BCUT2D eigenvalue weighted by Gasteiger charge is 2.22. The number of amides is 1. The first-order chi connectivity index (χ1) is 8.72. The van der Waals surface area contributed by atoms with Crippen LogP contribution in [0.4, 0.5) is 5.69 Å². The van der Waals surface area contributed by atoms with Gasteiger partial charge in [-0.3, -0.25) is 9.59 Å². The molecule has 1 heterocycles. The zero-order valence-electron chi connectivity index (χ0n) is 10.4. The van der Waals surface area contributed by atoms with Crippen LogP contribution in [0.5, 0.6) is 0 Å². The van der Waals surface area contributed by atoms with Crippen molar-refractivity contribution >= 4 is 17.4 Å². The minimum absolute atomic E-state index is 0.110. The first-order valence-corrected chi connectivity index (χ1v) is 6.67. The third-order valence-electron chi connectivity index (χ3n) is 4.04. The summed E-state index contributed by atoms with van der Waals surface area (Å²) in [5, 5.41) is 2.90. The van der Waals surface area contributed by atoms with E-state index in [-0.39, 0.29) is 5.91 Å². The van der Waals surface area contributed by atoms with Gasteiger partial charge in [-0.2, -0.15) is 0 Å². The van der Waals surface area contributed by atoms with E-state index >= 15 is 0 Å². The molecule has 0 unspecified atom stereocenters. The molecule has 94 valence electrons. The highest BCUT2D eigenvalue weighted by atomic mass is 16.1. The van der Waals surface area contributed by atoms with E-state index < -0.39 is 0 Å². The van der Waals surface area contributed by atoms with Crippen molar-refractivity contribution in [1.82, 2.24) is 0 Å². The van der Waals surface area contributed by atoms with Gasteiger partial charge in [-0.15, -0.1) is 0 Å². The van der Waals surface area contributed by atoms with Crippen molar-refractivity contribution in [2.24, 2.45) is 0 Å². The fourth-order valence-corrected chi connectivity index (χ4v) is 2.93. The Morgan fingerprint density at radius 2 is 1.78 bits per heavy atom. The van der Waals surface area contributed by atoms with E-state index in [1.54, 1.807) is 0 Å². The van der Waals surface area contributed by atoms with Gasteiger partial charge in [0.15, 0.2) is 0 Å². The molecular formula is C15H17NO2. The normalized spacial score (nSPS) is 20.4. The molecule has 1 saturated carbocycles. The van der Waals surface area contributed by atoms with Crippen molar-refractivity contribution in [1.29, 1.82) is 0 Å². The summed E-state index contributed by atoms with van der Waals surface area (Å²) in [5.74, 6) is 1.03. The SMILES string of the molecule is O=C1CCC(c2ccc3c(c2)CCC(=O)N3)CC1. The maximum atomic E-state index is 11.3. The smallest absolute Gasteiger partial charge is 0.224 e. The molecule has 3 rings (SSSR count). The molecular weight excluding hydrogens is 226 g/mol. The Morgan fingerprint density at radius 3 is 2.56 bits per heavy atom. The van der Waals surface area contributed by atoms with Crippen molar-refractivity contribution in [3.05, 3.63) is 29.3 Å². The average Bonchev–Trinajstić information content (AvgIpc) is 2.39. The number of hydrogen-bond acceptors (Lipinski definition) is 2. The summed E-state index contributed by atoms with van der Waals surface area (Å²) in [6.45, 7) is 0. The number of hydrogen-bond donors (Lipinski definition) is 1. The van der Waals surface area contributed by atoms with Crippen LogP contribution in [0.3, 0.4) is 0 Å². The number of benzene rings is 1. The summed E-state index contributed by atoms with van der Waals surface area (Å²) in [6.07, 6.45) is 4.81. The van der Waals surface area contributed by atoms with Crippen molar-refractivity contribution in [2.75, 3.05) is 5.32 Å². The molecule has 0 bridgehead atoms. The van der Waals surface area contributed by atoms with Crippen molar-refractivity contribution < 1.29 is 9.59 Å². The van der Waals surface area contributed by atoms with Gasteiger partial charge in [0, 0.05) is 24.9 Å². The number of rotatable bonds is 1. The lowest BCUT2D eigenvalue weighted by Crippen LogP contribution is -2.19. The van der Waals surface area contributed by atoms with Crippen LogP contribution in [-0.2, 0) is 16.0 Å². The second-order valence-electron chi connectivity index (χ2n) is 5.28. The quantitative estimate of drug-likeness (QED) is 0.824. The van der Waals surface area contributed by atoms with E-state index in [2.05, 4.69) is 17.4 Å². The average molecular weight is 243 g/mol. The Kier molecular flexibility index (Phi) is 2.90. The van der Waals surface area contributed by atoms with Gasteiger partial charge in [0.2, 0.25) is 5.91 Å². The molecule has 1 aromatic carbocycles. The third-order valence-corrected chi connectivity index (χ3v) is 4.04. The van der Waals surface area contributed by atoms with E-state index in [9.17, 15) is 9.59 Å². The van der Waals surface area contributed by atoms with E-state index in [0.29, 0.717) is 18.1 Å². The molecule has 3 heteroatoms. The summed E-state index contributed by atoms with van der Waals surface area (Å²) in [5.41, 5.74) is 3.53. The molecule has 1 aliphatic carbocycles. The fraction of sp³-hybridized carbons (Fsp3) is 0.467. The van der Waals surface area contributed by atoms with Gasteiger partial charge in [-0.05, 0) is 42.4 Å². The number of aryl methyl sites for hydroxylation is 1. The van der Waals surface area contributed by atoms with E-state index in [1.807, 2.05) is 6.07 Å². The van der Waals surface area contributed by atoms with Crippen LogP contribution >= 0.6 is 0 Å². The van der Waals surface area contributed by atoms with Gasteiger partial charge in [0.05, 0.1) is 0 Å². The number of nitrogens with one attached hydrogen (secondary N) is 1. The highest BCUT2D eigenvalue weighted by Crippen LogP contribution is 2.34. The molecule has 1 fully saturated rings. The zero-order chi connectivity index (χ0) is 12.5. The molecule has 1 amide bonds. The maximum Gasteiger partial charge on any atom is 0.224 e. The van der Waals surface area contributed by atoms with Crippen LogP contribution in [0.2, 0.25) is 0 Å². The lowest BCUT2D eigenvalue weighted by atomic mass is 9.82. The van der Waals surface area contributed by atoms with Crippen molar-refractivity contribution in [3.63, 3.8) is 0 Å². The molecule has 0 radical (unpaired) electrons. The monoisotopic (exact) mass is 243 g/mol. The third kappa shape index (κ3) is 2.17. The first kappa shape index (κ1) is 11.5. The van der Waals surface area contributed by atoms with Crippen LogP contribution < -0.4 is 5.32 Å². The van der Waals surface area contributed by atoms with Gasteiger partial charge >= 0.3 is 0 Å². The lowest BCUT2D eigenvalue weighted by molar-refractivity contribution is -0.120.